The fourth-order valence-corrected chi connectivity index (χ4v) is 3.12. The van der Waals surface area contributed by atoms with Gasteiger partial charge in [-0.05, 0) is 44.1 Å². The Morgan fingerprint density at radius 2 is 1.88 bits per heavy atom. The van der Waals surface area contributed by atoms with Gasteiger partial charge in [0, 0.05) is 18.2 Å². The van der Waals surface area contributed by atoms with Gasteiger partial charge in [0.05, 0.1) is 6.04 Å². The van der Waals surface area contributed by atoms with E-state index in [1.807, 2.05) is 12.2 Å². The van der Waals surface area contributed by atoms with Crippen molar-refractivity contribution in [3.63, 3.8) is 0 Å². The minimum atomic E-state index is -0.0440. The van der Waals surface area contributed by atoms with Gasteiger partial charge in [0.2, 0.25) is 0 Å². The van der Waals surface area contributed by atoms with E-state index in [1.165, 1.54) is 16.8 Å². The van der Waals surface area contributed by atoms with Crippen LogP contribution in [0.15, 0.2) is 97.3 Å². The van der Waals surface area contributed by atoms with Crippen LogP contribution >= 0.6 is 0 Å². The van der Waals surface area contributed by atoms with Crippen molar-refractivity contribution in [1.82, 2.24) is 4.90 Å². The van der Waals surface area contributed by atoms with Gasteiger partial charge < -0.3 is 4.90 Å². The average Bonchev–Trinajstić information content (AvgIpc) is 3.02. The predicted molar refractivity (Wildman–Crippen MR) is 111 cm³/mol. The molecular weight excluding hydrogens is 302 g/mol. The Labute approximate surface area is 153 Å². The predicted octanol–water partition coefficient (Wildman–Crippen LogP) is 6.17. The van der Waals surface area contributed by atoms with E-state index in [4.69, 9.17) is 0 Å². The Morgan fingerprint density at radius 3 is 2.52 bits per heavy atom. The number of likely N-dealkylation sites (N-methyl/N-ethyl adjacent to an activating group) is 1. The van der Waals surface area contributed by atoms with Gasteiger partial charge in [0.25, 0.3) is 0 Å². The van der Waals surface area contributed by atoms with Gasteiger partial charge in [-0.1, -0.05) is 79.4 Å². The molecule has 130 valence electrons. The van der Waals surface area contributed by atoms with Crippen LogP contribution in [0.25, 0.3) is 5.57 Å². The van der Waals surface area contributed by atoms with Crippen LogP contribution in [0.4, 0.5) is 0 Å². The third-order valence-corrected chi connectivity index (χ3v) is 4.74. The topological polar surface area (TPSA) is 3.24 Å². The molecule has 0 aromatic heterocycles. The van der Waals surface area contributed by atoms with Crippen LogP contribution in [0.1, 0.15) is 26.3 Å². The van der Waals surface area contributed by atoms with Gasteiger partial charge in [0.1, 0.15) is 0 Å². The van der Waals surface area contributed by atoms with Crippen LogP contribution in [0.2, 0.25) is 0 Å². The van der Waals surface area contributed by atoms with Crippen molar-refractivity contribution in [1.29, 1.82) is 0 Å². The maximum atomic E-state index is 3.69. The normalized spacial score (nSPS) is 21.8. The summed E-state index contributed by atoms with van der Waals surface area (Å²) in [5, 5.41) is 0. The average molecular weight is 332 g/mol. The van der Waals surface area contributed by atoms with Crippen LogP contribution in [0.5, 0.6) is 0 Å². The first kappa shape index (κ1) is 18.8. The lowest BCUT2D eigenvalue weighted by Crippen LogP contribution is -2.28. The largest absolute Gasteiger partial charge is 0.368 e. The summed E-state index contributed by atoms with van der Waals surface area (Å²) in [5.41, 5.74) is 3.83. The third kappa shape index (κ3) is 4.73. The number of rotatable bonds is 7. The van der Waals surface area contributed by atoms with E-state index in [-0.39, 0.29) is 5.41 Å². The molecule has 0 bridgehead atoms. The molecule has 0 spiro atoms. The smallest absolute Gasteiger partial charge is 0.0513 e. The summed E-state index contributed by atoms with van der Waals surface area (Å²) >= 11 is 0. The first-order chi connectivity index (χ1) is 12.0. The molecule has 2 rings (SSSR count). The van der Waals surface area contributed by atoms with Gasteiger partial charge >= 0.3 is 0 Å². The van der Waals surface area contributed by atoms with Crippen molar-refractivity contribution in [2.24, 2.45) is 5.41 Å². The molecule has 0 amide bonds. The second-order valence-corrected chi connectivity index (χ2v) is 6.65. The van der Waals surface area contributed by atoms with Crippen LogP contribution in [0, 0.1) is 5.41 Å². The van der Waals surface area contributed by atoms with Crippen molar-refractivity contribution in [3.05, 3.63) is 103 Å². The molecule has 1 aliphatic rings. The van der Waals surface area contributed by atoms with Gasteiger partial charge in [0.15, 0.2) is 0 Å². The second kappa shape index (κ2) is 8.53. The van der Waals surface area contributed by atoms with Gasteiger partial charge in [-0.15, -0.1) is 0 Å². The molecule has 25 heavy (non-hydrogen) atoms. The SMILES string of the molecule is C=C/C=C\C=C/C1(C)C=CC(N(C)[C@@H](C)/C(=C\C)c2ccccc2)=C1. The molecule has 1 aromatic carbocycles. The highest BCUT2D eigenvalue weighted by Gasteiger charge is 2.24. The number of hydrogen-bond donors (Lipinski definition) is 0. The van der Waals surface area contributed by atoms with Gasteiger partial charge in [-0.3, -0.25) is 0 Å². The zero-order valence-corrected chi connectivity index (χ0v) is 15.8. The lowest BCUT2D eigenvalue weighted by molar-refractivity contribution is 0.392. The standard InChI is InChI=1S/C24H29N/c1-6-8-9-13-17-24(4)18-16-22(19-24)25(5)20(3)23(7-2)21-14-11-10-12-15-21/h6-20H,1H2,2-5H3/b9-8-,17-13-,23-7+/t20-,24?/m0/s1. The molecule has 0 fully saturated rings. The van der Waals surface area contributed by atoms with Crippen molar-refractivity contribution < 1.29 is 0 Å². The highest BCUT2D eigenvalue weighted by molar-refractivity contribution is 5.69. The summed E-state index contributed by atoms with van der Waals surface area (Å²) in [5.74, 6) is 0. The monoisotopic (exact) mass is 331 g/mol. The molecule has 1 unspecified atom stereocenters. The van der Waals surface area contributed by atoms with Crippen molar-refractivity contribution in [3.8, 4) is 0 Å². The summed E-state index contributed by atoms with van der Waals surface area (Å²) in [7, 11) is 2.17. The summed E-state index contributed by atoms with van der Waals surface area (Å²) in [4.78, 5) is 2.34. The molecule has 2 atom stereocenters. The summed E-state index contributed by atoms with van der Waals surface area (Å²) < 4.78 is 0. The summed E-state index contributed by atoms with van der Waals surface area (Å²) in [6.07, 6.45) is 19.0. The number of allylic oxidation sites excluding steroid dienone is 9. The van der Waals surface area contributed by atoms with Crippen LogP contribution < -0.4 is 0 Å². The van der Waals surface area contributed by atoms with E-state index in [9.17, 15) is 0 Å². The Morgan fingerprint density at radius 1 is 1.16 bits per heavy atom. The maximum Gasteiger partial charge on any atom is 0.0513 e. The molecule has 0 radical (unpaired) electrons. The molecule has 1 aromatic rings. The molecule has 0 N–H and O–H groups in total. The number of benzene rings is 1. The molecule has 0 heterocycles. The van der Waals surface area contributed by atoms with E-state index in [0.717, 1.165) is 0 Å². The van der Waals surface area contributed by atoms with Crippen molar-refractivity contribution >= 4 is 5.57 Å². The zero-order chi connectivity index (χ0) is 18.3. The van der Waals surface area contributed by atoms with Crippen LogP contribution in [0.3, 0.4) is 0 Å². The Bertz CT molecular complexity index is 731. The first-order valence-corrected chi connectivity index (χ1v) is 8.84. The minimum absolute atomic E-state index is 0.0440. The Kier molecular flexibility index (Phi) is 6.41. The van der Waals surface area contributed by atoms with Gasteiger partial charge in [-0.2, -0.15) is 0 Å². The lowest BCUT2D eigenvalue weighted by Gasteiger charge is -2.30. The fraction of sp³-hybridized carbons (Fsp3) is 0.250. The van der Waals surface area contributed by atoms with E-state index < -0.39 is 0 Å². The molecule has 1 aliphatic carbocycles. The summed E-state index contributed by atoms with van der Waals surface area (Å²) in [6.45, 7) is 10.3. The van der Waals surface area contributed by atoms with Gasteiger partial charge in [-0.25, -0.2) is 0 Å². The molecule has 1 nitrogen and oxygen atoms in total. The first-order valence-electron chi connectivity index (χ1n) is 8.84. The Hall–Kier alpha value is -2.54. The lowest BCUT2D eigenvalue weighted by atomic mass is 9.92. The molecule has 1 heteroatoms. The van der Waals surface area contributed by atoms with Crippen LogP contribution in [-0.4, -0.2) is 18.0 Å². The van der Waals surface area contributed by atoms with Crippen LogP contribution in [-0.2, 0) is 0 Å². The number of nitrogens with zero attached hydrogens (tertiary/aromatic N) is 1. The van der Waals surface area contributed by atoms with E-state index >= 15 is 0 Å². The third-order valence-electron chi connectivity index (χ3n) is 4.74. The van der Waals surface area contributed by atoms with E-state index in [0.29, 0.717) is 6.04 Å². The maximum absolute atomic E-state index is 3.69. The highest BCUT2D eigenvalue weighted by atomic mass is 15.1. The molecule has 0 saturated carbocycles. The molecular formula is C24H29N. The highest BCUT2D eigenvalue weighted by Crippen LogP contribution is 2.34. The van der Waals surface area contributed by atoms with Crippen molar-refractivity contribution in [2.75, 3.05) is 7.05 Å². The van der Waals surface area contributed by atoms with Crippen molar-refractivity contribution in [2.45, 2.75) is 26.8 Å². The number of hydrogen-bond acceptors (Lipinski definition) is 1. The molecule has 0 saturated heterocycles. The van der Waals surface area contributed by atoms with E-state index in [1.54, 1.807) is 6.08 Å². The fourth-order valence-electron chi connectivity index (χ4n) is 3.12. The van der Waals surface area contributed by atoms with E-state index in [2.05, 4.69) is 106 Å². The second-order valence-electron chi connectivity index (χ2n) is 6.65. The zero-order valence-electron chi connectivity index (χ0n) is 15.8. The quantitative estimate of drug-likeness (QED) is 0.540. The minimum Gasteiger partial charge on any atom is -0.368 e. The summed E-state index contributed by atoms with van der Waals surface area (Å²) in [6, 6.07) is 10.9. The molecule has 0 aliphatic heterocycles. The Balaban J connectivity index is 2.17.